The lowest BCUT2D eigenvalue weighted by Crippen LogP contribution is -2.26. The highest BCUT2D eigenvalue weighted by Crippen LogP contribution is 2.25. The molecule has 3 nitrogen and oxygen atoms in total. The summed E-state index contributed by atoms with van der Waals surface area (Å²) < 4.78 is 0. The van der Waals surface area contributed by atoms with Gasteiger partial charge in [-0.25, -0.2) is 9.97 Å². The molecule has 2 rings (SSSR count). The monoisotopic (exact) mass is 233 g/mol. The Labute approximate surface area is 104 Å². The first kappa shape index (κ1) is 12.3. The van der Waals surface area contributed by atoms with Gasteiger partial charge < -0.3 is 5.32 Å². The number of nitrogens with one attached hydrogen (secondary N) is 1. The van der Waals surface area contributed by atoms with E-state index in [-0.39, 0.29) is 0 Å². The quantitative estimate of drug-likeness (QED) is 0.795. The Kier molecular flexibility index (Phi) is 3.97. The number of nitrogens with zero attached hydrogens (tertiary/aromatic N) is 2. The van der Waals surface area contributed by atoms with Crippen LogP contribution >= 0.6 is 0 Å². The number of aromatic nitrogens is 2. The van der Waals surface area contributed by atoms with Gasteiger partial charge in [-0.1, -0.05) is 26.2 Å². The highest BCUT2D eigenvalue weighted by atomic mass is 15.0. The van der Waals surface area contributed by atoms with E-state index < -0.39 is 0 Å². The third-order valence-electron chi connectivity index (χ3n) is 3.66. The summed E-state index contributed by atoms with van der Waals surface area (Å²) in [5.41, 5.74) is 1.04. The molecule has 0 amide bonds. The van der Waals surface area contributed by atoms with Crippen molar-refractivity contribution in [1.29, 1.82) is 0 Å². The van der Waals surface area contributed by atoms with Crippen molar-refractivity contribution in [3.63, 3.8) is 0 Å². The molecule has 1 aromatic rings. The van der Waals surface area contributed by atoms with Gasteiger partial charge in [0.05, 0.1) is 0 Å². The van der Waals surface area contributed by atoms with E-state index in [1.54, 1.807) is 0 Å². The van der Waals surface area contributed by atoms with Gasteiger partial charge in [-0.3, -0.25) is 0 Å². The molecule has 1 aromatic heterocycles. The summed E-state index contributed by atoms with van der Waals surface area (Å²) in [5, 5.41) is 3.60. The molecule has 0 aromatic carbocycles. The predicted octanol–water partition coefficient (Wildman–Crippen LogP) is 3.47. The largest absolute Gasteiger partial charge is 0.367 e. The van der Waals surface area contributed by atoms with Crippen LogP contribution in [0.1, 0.15) is 50.5 Å². The molecule has 2 atom stereocenters. The Morgan fingerprint density at radius 2 is 1.88 bits per heavy atom. The van der Waals surface area contributed by atoms with Crippen molar-refractivity contribution in [1.82, 2.24) is 9.97 Å². The maximum absolute atomic E-state index is 4.47. The summed E-state index contributed by atoms with van der Waals surface area (Å²) in [6.07, 6.45) is 6.69. The van der Waals surface area contributed by atoms with Crippen LogP contribution in [0.15, 0.2) is 6.07 Å². The third-order valence-corrected chi connectivity index (χ3v) is 3.66. The van der Waals surface area contributed by atoms with Crippen LogP contribution in [0.25, 0.3) is 0 Å². The average molecular weight is 233 g/mol. The van der Waals surface area contributed by atoms with E-state index in [0.29, 0.717) is 6.04 Å². The lowest BCUT2D eigenvalue weighted by Gasteiger charge is -2.23. The summed E-state index contributed by atoms with van der Waals surface area (Å²) >= 11 is 0. The first-order valence-electron chi connectivity index (χ1n) is 6.74. The molecular weight excluding hydrogens is 210 g/mol. The van der Waals surface area contributed by atoms with E-state index in [1.807, 2.05) is 19.9 Å². The van der Waals surface area contributed by atoms with Gasteiger partial charge >= 0.3 is 0 Å². The molecule has 3 heteroatoms. The van der Waals surface area contributed by atoms with Crippen LogP contribution < -0.4 is 5.32 Å². The molecule has 0 radical (unpaired) electrons. The highest BCUT2D eigenvalue weighted by molar-refractivity contribution is 5.37. The van der Waals surface area contributed by atoms with Crippen molar-refractivity contribution in [2.75, 3.05) is 5.32 Å². The van der Waals surface area contributed by atoms with Crippen LogP contribution in [-0.4, -0.2) is 16.0 Å². The molecule has 2 unspecified atom stereocenters. The van der Waals surface area contributed by atoms with Crippen LogP contribution in [0.4, 0.5) is 5.82 Å². The Balaban J connectivity index is 2.07. The Bertz CT molecular complexity index is 355. The second-order valence-corrected chi connectivity index (χ2v) is 5.31. The zero-order valence-corrected chi connectivity index (χ0v) is 11.2. The molecule has 1 N–H and O–H groups in total. The standard InChI is InChI=1S/C14H23N3/c1-10-7-5-4-6-8-13(10)17-14-9-11(2)15-12(3)16-14/h9-10,13H,4-8H2,1-3H3,(H,15,16,17). The Hall–Kier alpha value is -1.12. The predicted molar refractivity (Wildman–Crippen MR) is 71.2 cm³/mol. The SMILES string of the molecule is Cc1cc(NC2CCCCCC2C)nc(C)n1. The summed E-state index contributed by atoms with van der Waals surface area (Å²) in [6.45, 7) is 6.33. The topological polar surface area (TPSA) is 37.8 Å². The van der Waals surface area contributed by atoms with E-state index in [0.717, 1.165) is 23.3 Å². The maximum Gasteiger partial charge on any atom is 0.130 e. The second kappa shape index (κ2) is 5.48. The fourth-order valence-corrected chi connectivity index (χ4v) is 2.69. The van der Waals surface area contributed by atoms with Crippen molar-refractivity contribution in [2.24, 2.45) is 5.92 Å². The van der Waals surface area contributed by atoms with E-state index in [2.05, 4.69) is 22.2 Å². The lowest BCUT2D eigenvalue weighted by atomic mass is 9.97. The van der Waals surface area contributed by atoms with Gasteiger partial charge in [-0.15, -0.1) is 0 Å². The fourth-order valence-electron chi connectivity index (χ4n) is 2.69. The molecule has 1 aliphatic rings. The summed E-state index contributed by atoms with van der Waals surface area (Å²) in [5.74, 6) is 2.59. The van der Waals surface area contributed by atoms with Crippen molar-refractivity contribution in [3.05, 3.63) is 17.6 Å². The average Bonchev–Trinajstić information content (AvgIpc) is 2.43. The van der Waals surface area contributed by atoms with E-state index >= 15 is 0 Å². The van der Waals surface area contributed by atoms with Gasteiger partial charge in [-0.2, -0.15) is 0 Å². The number of aryl methyl sites for hydroxylation is 2. The van der Waals surface area contributed by atoms with Crippen LogP contribution in [0.2, 0.25) is 0 Å². The Morgan fingerprint density at radius 3 is 2.65 bits per heavy atom. The third kappa shape index (κ3) is 3.42. The molecule has 1 saturated carbocycles. The highest BCUT2D eigenvalue weighted by Gasteiger charge is 2.20. The molecule has 17 heavy (non-hydrogen) atoms. The van der Waals surface area contributed by atoms with Gasteiger partial charge in [0.1, 0.15) is 11.6 Å². The van der Waals surface area contributed by atoms with E-state index in [9.17, 15) is 0 Å². The van der Waals surface area contributed by atoms with Crippen LogP contribution in [0.3, 0.4) is 0 Å². The van der Waals surface area contributed by atoms with Gasteiger partial charge in [-0.05, 0) is 32.6 Å². The molecular formula is C14H23N3. The summed E-state index contributed by atoms with van der Waals surface area (Å²) in [4.78, 5) is 8.78. The molecule has 1 aliphatic carbocycles. The minimum atomic E-state index is 0.575. The molecule has 94 valence electrons. The zero-order valence-electron chi connectivity index (χ0n) is 11.2. The maximum atomic E-state index is 4.47. The number of hydrogen-bond donors (Lipinski definition) is 1. The molecule has 1 fully saturated rings. The zero-order chi connectivity index (χ0) is 12.3. The first-order valence-corrected chi connectivity index (χ1v) is 6.74. The van der Waals surface area contributed by atoms with E-state index in [1.165, 1.54) is 32.1 Å². The van der Waals surface area contributed by atoms with Crippen LogP contribution in [0.5, 0.6) is 0 Å². The minimum Gasteiger partial charge on any atom is -0.367 e. The molecule has 0 aliphatic heterocycles. The van der Waals surface area contributed by atoms with Gasteiger partial charge in [0.2, 0.25) is 0 Å². The van der Waals surface area contributed by atoms with Crippen molar-refractivity contribution in [2.45, 2.75) is 58.9 Å². The van der Waals surface area contributed by atoms with Crippen molar-refractivity contribution < 1.29 is 0 Å². The molecule has 1 heterocycles. The van der Waals surface area contributed by atoms with E-state index in [4.69, 9.17) is 0 Å². The Morgan fingerprint density at radius 1 is 1.12 bits per heavy atom. The van der Waals surface area contributed by atoms with Crippen molar-refractivity contribution >= 4 is 5.82 Å². The van der Waals surface area contributed by atoms with Gasteiger partial charge in [0, 0.05) is 17.8 Å². The molecule has 0 bridgehead atoms. The lowest BCUT2D eigenvalue weighted by molar-refractivity contribution is 0.455. The normalized spacial score (nSPS) is 25.4. The van der Waals surface area contributed by atoms with Crippen LogP contribution in [-0.2, 0) is 0 Å². The summed E-state index contributed by atoms with van der Waals surface area (Å²) in [6, 6.07) is 2.62. The van der Waals surface area contributed by atoms with Gasteiger partial charge in [0.15, 0.2) is 0 Å². The summed E-state index contributed by atoms with van der Waals surface area (Å²) in [7, 11) is 0. The fraction of sp³-hybridized carbons (Fsp3) is 0.714. The van der Waals surface area contributed by atoms with Crippen LogP contribution in [0, 0.1) is 19.8 Å². The minimum absolute atomic E-state index is 0.575. The number of anilines is 1. The number of hydrogen-bond acceptors (Lipinski definition) is 3. The van der Waals surface area contributed by atoms with Crippen molar-refractivity contribution in [3.8, 4) is 0 Å². The molecule has 0 spiro atoms. The second-order valence-electron chi connectivity index (χ2n) is 5.31. The first-order chi connectivity index (χ1) is 8.15. The number of rotatable bonds is 2. The van der Waals surface area contributed by atoms with Gasteiger partial charge in [0.25, 0.3) is 0 Å². The smallest absolute Gasteiger partial charge is 0.130 e. The molecule has 0 saturated heterocycles.